The summed E-state index contributed by atoms with van der Waals surface area (Å²) in [5.74, 6) is -15.4. The molecule has 0 atom stereocenters. The maximum atomic E-state index is 14.4. The number of hydrogen-bond acceptors (Lipinski definition) is 5. The lowest BCUT2D eigenvalue weighted by atomic mass is 10.1. The van der Waals surface area contributed by atoms with Gasteiger partial charge in [0.1, 0.15) is 0 Å². The van der Waals surface area contributed by atoms with Crippen LogP contribution in [-0.2, 0) is 23.6 Å². The predicted octanol–water partition coefficient (Wildman–Crippen LogP) is 8.62. The average Bonchev–Trinajstić information content (AvgIpc) is 3.38. The summed E-state index contributed by atoms with van der Waals surface area (Å²) in [5.41, 5.74) is 0. The molecule has 1 fully saturated rings. The standard InChI is InChI=1S/C26H31F9O5S3/c1-2-3-4-5-6-7-16-42(36,37)22-13-11-19-17-21(12-10-20(19)18-22)41(14-8-9-15-41)40-43(38,39)26(34,35)24(29,30)23(27,28)25(31,32)33/h10-13,17-18H,2-9,14-16H2,1H3. The maximum absolute atomic E-state index is 14.4. The van der Waals surface area contributed by atoms with Crippen LogP contribution < -0.4 is 0 Å². The van der Waals surface area contributed by atoms with Gasteiger partial charge < -0.3 is 0 Å². The Morgan fingerprint density at radius 1 is 0.721 bits per heavy atom. The van der Waals surface area contributed by atoms with Crippen molar-refractivity contribution in [1.29, 1.82) is 0 Å². The van der Waals surface area contributed by atoms with Crippen LogP contribution in [0.5, 0.6) is 0 Å². The summed E-state index contributed by atoms with van der Waals surface area (Å²) in [6, 6.07) is 7.84. The lowest BCUT2D eigenvalue weighted by molar-refractivity contribution is -0.382. The van der Waals surface area contributed by atoms with Crippen molar-refractivity contribution in [3.05, 3.63) is 36.4 Å². The topological polar surface area (TPSA) is 77.5 Å². The largest absolute Gasteiger partial charge is 0.460 e. The smallest absolute Gasteiger partial charge is 0.224 e. The van der Waals surface area contributed by atoms with Crippen LogP contribution >= 0.6 is 10.3 Å². The van der Waals surface area contributed by atoms with Gasteiger partial charge in [0, 0.05) is 16.4 Å². The van der Waals surface area contributed by atoms with E-state index in [0.717, 1.165) is 32.1 Å². The number of benzene rings is 2. The molecule has 0 amide bonds. The van der Waals surface area contributed by atoms with Gasteiger partial charge in [-0.15, -0.1) is 0 Å². The number of sulfone groups is 1. The summed E-state index contributed by atoms with van der Waals surface area (Å²) in [5, 5.41) is -6.29. The van der Waals surface area contributed by atoms with Crippen LogP contribution in [0, 0.1) is 0 Å². The molecule has 1 heterocycles. The van der Waals surface area contributed by atoms with E-state index in [2.05, 4.69) is 10.6 Å². The van der Waals surface area contributed by atoms with Crippen molar-refractivity contribution in [1.82, 2.24) is 0 Å². The first-order chi connectivity index (χ1) is 19.7. The van der Waals surface area contributed by atoms with Crippen LogP contribution in [0.2, 0.25) is 0 Å². The Morgan fingerprint density at radius 2 is 1.26 bits per heavy atom. The lowest BCUT2D eigenvalue weighted by Crippen LogP contribution is -2.63. The second-order valence-corrected chi connectivity index (χ2v) is 17.4. The van der Waals surface area contributed by atoms with Crippen LogP contribution in [0.15, 0.2) is 46.2 Å². The molecule has 43 heavy (non-hydrogen) atoms. The molecule has 1 aliphatic heterocycles. The fraction of sp³-hybridized carbons (Fsp3) is 0.615. The van der Waals surface area contributed by atoms with Crippen molar-refractivity contribution in [3.8, 4) is 0 Å². The highest BCUT2D eigenvalue weighted by molar-refractivity contribution is 8.33. The molecule has 3 rings (SSSR count). The fourth-order valence-corrected chi connectivity index (χ4v) is 11.8. The molecule has 0 radical (unpaired) electrons. The highest BCUT2D eigenvalue weighted by Crippen LogP contribution is 2.65. The van der Waals surface area contributed by atoms with E-state index in [1.54, 1.807) is 0 Å². The van der Waals surface area contributed by atoms with E-state index in [1.807, 2.05) is 0 Å². The Bertz CT molecular complexity index is 1500. The van der Waals surface area contributed by atoms with E-state index in [0.29, 0.717) is 17.2 Å². The second kappa shape index (κ2) is 12.6. The minimum atomic E-state index is -7.39. The maximum Gasteiger partial charge on any atom is 0.460 e. The molecule has 246 valence electrons. The van der Waals surface area contributed by atoms with Crippen LogP contribution in [0.3, 0.4) is 0 Å². The number of rotatable bonds is 14. The zero-order valence-corrected chi connectivity index (χ0v) is 25.4. The first-order valence-electron chi connectivity index (χ1n) is 13.4. The Labute approximate surface area is 245 Å². The van der Waals surface area contributed by atoms with Crippen molar-refractivity contribution in [2.75, 3.05) is 17.3 Å². The Kier molecular flexibility index (Phi) is 10.5. The third-order valence-electron chi connectivity index (χ3n) is 7.19. The molecule has 0 bridgehead atoms. The average molecular weight is 691 g/mol. The third kappa shape index (κ3) is 6.93. The summed E-state index contributed by atoms with van der Waals surface area (Å²) >= 11 is 0. The van der Waals surface area contributed by atoms with E-state index in [9.17, 15) is 56.3 Å². The molecule has 17 heteroatoms. The van der Waals surface area contributed by atoms with Crippen LogP contribution in [0.4, 0.5) is 39.5 Å². The molecule has 2 aromatic rings. The molecule has 0 aromatic heterocycles. The second-order valence-electron chi connectivity index (χ2n) is 10.4. The molecule has 5 nitrogen and oxygen atoms in total. The van der Waals surface area contributed by atoms with E-state index in [4.69, 9.17) is 0 Å². The van der Waals surface area contributed by atoms with Gasteiger partial charge in [0.15, 0.2) is 9.84 Å². The molecule has 1 aliphatic rings. The summed E-state index contributed by atoms with van der Waals surface area (Å²) in [7, 11) is -14.1. The number of unbranched alkanes of at least 4 members (excludes halogenated alkanes) is 5. The van der Waals surface area contributed by atoms with Gasteiger partial charge in [-0.2, -0.15) is 47.9 Å². The van der Waals surface area contributed by atoms with Crippen molar-refractivity contribution in [2.45, 2.75) is 91.4 Å². The van der Waals surface area contributed by atoms with Gasteiger partial charge in [-0.05, 0) is 54.3 Å². The molecule has 0 saturated carbocycles. The molecule has 0 aliphatic carbocycles. The molecular formula is C26H31F9O5S3. The summed E-state index contributed by atoms with van der Waals surface area (Å²) in [6.45, 7) is 2.06. The van der Waals surface area contributed by atoms with Gasteiger partial charge >= 0.3 is 33.4 Å². The molecule has 2 aromatic carbocycles. The van der Waals surface area contributed by atoms with E-state index in [1.165, 1.54) is 36.4 Å². The minimum absolute atomic E-state index is 0.00975. The van der Waals surface area contributed by atoms with Gasteiger partial charge in [0.2, 0.25) is 0 Å². The molecule has 1 saturated heterocycles. The monoisotopic (exact) mass is 690 g/mol. The first-order valence-corrected chi connectivity index (χ1v) is 18.3. The summed E-state index contributed by atoms with van der Waals surface area (Å²) in [6.07, 6.45) is -1.65. The summed E-state index contributed by atoms with van der Waals surface area (Å²) in [4.78, 5) is -0.0546. The zero-order chi connectivity index (χ0) is 32.5. The Balaban J connectivity index is 1.91. The highest BCUT2D eigenvalue weighted by atomic mass is 32.3. The normalized spacial score (nSPS) is 17.8. The summed E-state index contributed by atoms with van der Waals surface area (Å²) < 4.78 is 176. The quantitative estimate of drug-likeness (QED) is 0.147. The van der Waals surface area contributed by atoms with Gasteiger partial charge in [-0.1, -0.05) is 61.5 Å². The minimum Gasteiger partial charge on any atom is -0.224 e. The van der Waals surface area contributed by atoms with Crippen LogP contribution in [0.25, 0.3) is 10.8 Å². The number of halogens is 9. The fourth-order valence-electron chi connectivity index (χ4n) is 4.66. The predicted molar refractivity (Wildman–Crippen MR) is 145 cm³/mol. The zero-order valence-electron chi connectivity index (χ0n) is 22.9. The molecule has 0 N–H and O–H groups in total. The first kappa shape index (κ1) is 35.8. The molecular weight excluding hydrogens is 659 g/mol. The highest BCUT2D eigenvalue weighted by Gasteiger charge is 2.86. The number of alkyl halides is 9. The molecule has 0 spiro atoms. The van der Waals surface area contributed by atoms with E-state index < -0.39 is 53.5 Å². The third-order valence-corrected chi connectivity index (χ3v) is 14.6. The van der Waals surface area contributed by atoms with Crippen molar-refractivity contribution in [2.24, 2.45) is 0 Å². The Morgan fingerprint density at radius 3 is 1.84 bits per heavy atom. The Hall–Kier alpha value is -1.72. The SMILES string of the molecule is CCCCCCCCS(=O)(=O)c1ccc2cc(S3(OS(=O)(=O)C(F)(F)C(F)(F)C(F)(F)C(F)(F)F)CCCC3)ccc2c1. The molecule has 0 unspecified atom stereocenters. The van der Waals surface area contributed by atoms with Gasteiger partial charge in [0.05, 0.1) is 10.6 Å². The van der Waals surface area contributed by atoms with Crippen LogP contribution in [-0.4, -0.2) is 57.4 Å². The van der Waals surface area contributed by atoms with Crippen molar-refractivity contribution < 1.29 is 60.0 Å². The van der Waals surface area contributed by atoms with Gasteiger partial charge in [-0.25, -0.2) is 12.0 Å². The number of hydrogen-bond donors (Lipinski definition) is 0. The van der Waals surface area contributed by atoms with E-state index >= 15 is 0 Å². The van der Waals surface area contributed by atoms with Crippen molar-refractivity contribution >= 4 is 41.0 Å². The van der Waals surface area contributed by atoms with E-state index in [-0.39, 0.29) is 39.9 Å². The lowest BCUT2D eigenvalue weighted by Gasteiger charge is -2.38. The van der Waals surface area contributed by atoms with Crippen LogP contribution in [0.1, 0.15) is 58.3 Å². The number of fused-ring (bicyclic) bond motifs is 1. The van der Waals surface area contributed by atoms with Gasteiger partial charge in [0.25, 0.3) is 0 Å². The van der Waals surface area contributed by atoms with Gasteiger partial charge in [-0.3, -0.25) is 0 Å². The van der Waals surface area contributed by atoms with Crippen molar-refractivity contribution in [3.63, 3.8) is 0 Å².